The number of ketones is 1. The fourth-order valence-corrected chi connectivity index (χ4v) is 2.96. The maximum Gasteiger partial charge on any atom is 0.167 e. The van der Waals surface area contributed by atoms with Gasteiger partial charge in [0.2, 0.25) is 0 Å². The highest BCUT2D eigenvalue weighted by Gasteiger charge is 2.14. The quantitative estimate of drug-likeness (QED) is 0.630. The van der Waals surface area contributed by atoms with E-state index in [0.29, 0.717) is 17.1 Å². The molecular weight excluding hydrogens is 316 g/mol. The zero-order valence-corrected chi connectivity index (χ0v) is 14.5. The van der Waals surface area contributed by atoms with Gasteiger partial charge in [-0.2, -0.15) is 0 Å². The zero-order valence-electron chi connectivity index (χ0n) is 14.5. The first-order valence-electron chi connectivity index (χ1n) is 7.97. The van der Waals surface area contributed by atoms with Crippen molar-refractivity contribution >= 4 is 16.6 Å². The van der Waals surface area contributed by atoms with Crippen molar-refractivity contribution in [2.45, 2.75) is 6.42 Å². The van der Waals surface area contributed by atoms with Crippen molar-refractivity contribution in [2.24, 2.45) is 0 Å². The molecule has 0 aliphatic rings. The molecule has 3 aromatic rings. The summed E-state index contributed by atoms with van der Waals surface area (Å²) in [5, 5.41) is 1.83. The molecule has 0 atom stereocenters. The number of ether oxygens (including phenoxy) is 3. The maximum atomic E-state index is 12.9. The minimum Gasteiger partial charge on any atom is -0.496 e. The molecule has 0 saturated heterocycles. The molecule has 0 aliphatic heterocycles. The van der Waals surface area contributed by atoms with Crippen molar-refractivity contribution in [3.63, 3.8) is 0 Å². The van der Waals surface area contributed by atoms with E-state index in [4.69, 9.17) is 14.2 Å². The monoisotopic (exact) mass is 336 g/mol. The van der Waals surface area contributed by atoms with E-state index in [9.17, 15) is 4.79 Å². The summed E-state index contributed by atoms with van der Waals surface area (Å²) < 4.78 is 15.9. The number of rotatable bonds is 6. The average molecular weight is 336 g/mol. The van der Waals surface area contributed by atoms with E-state index in [1.165, 1.54) is 0 Å². The van der Waals surface area contributed by atoms with E-state index in [1.54, 1.807) is 21.3 Å². The predicted octanol–water partition coefficient (Wildman–Crippen LogP) is 4.29. The van der Waals surface area contributed by atoms with Crippen molar-refractivity contribution in [3.8, 4) is 17.2 Å². The van der Waals surface area contributed by atoms with Crippen LogP contribution in [0, 0.1) is 0 Å². The molecule has 0 spiro atoms. The third-order valence-electron chi connectivity index (χ3n) is 4.22. The molecule has 0 unspecified atom stereocenters. The SMILES string of the molecule is COc1ccc(CC(=O)c2ccc(OC)c3ccccc23)cc1OC. The second-order valence-electron chi connectivity index (χ2n) is 5.65. The van der Waals surface area contributed by atoms with Crippen LogP contribution in [0.4, 0.5) is 0 Å². The molecule has 4 nitrogen and oxygen atoms in total. The number of benzene rings is 3. The van der Waals surface area contributed by atoms with Gasteiger partial charge in [-0.15, -0.1) is 0 Å². The predicted molar refractivity (Wildman–Crippen MR) is 98.1 cm³/mol. The Bertz CT molecular complexity index is 915. The summed E-state index contributed by atoms with van der Waals surface area (Å²) in [6.07, 6.45) is 0.288. The molecule has 0 bridgehead atoms. The number of carbonyl (C=O) groups excluding carboxylic acids is 1. The highest BCUT2D eigenvalue weighted by Crippen LogP contribution is 2.31. The van der Waals surface area contributed by atoms with Crippen LogP contribution in [0.15, 0.2) is 54.6 Å². The third kappa shape index (κ3) is 3.29. The van der Waals surface area contributed by atoms with Gasteiger partial charge in [-0.25, -0.2) is 0 Å². The minimum absolute atomic E-state index is 0.0473. The van der Waals surface area contributed by atoms with Gasteiger partial charge in [-0.1, -0.05) is 30.3 Å². The van der Waals surface area contributed by atoms with Gasteiger partial charge in [-0.05, 0) is 35.2 Å². The first-order valence-corrected chi connectivity index (χ1v) is 7.97. The van der Waals surface area contributed by atoms with Crippen LogP contribution >= 0.6 is 0 Å². The van der Waals surface area contributed by atoms with Crippen molar-refractivity contribution in [1.29, 1.82) is 0 Å². The Morgan fingerprint density at radius 1 is 0.760 bits per heavy atom. The summed E-state index contributed by atoms with van der Waals surface area (Å²) in [4.78, 5) is 12.9. The van der Waals surface area contributed by atoms with Crippen LogP contribution in [0.5, 0.6) is 17.2 Å². The van der Waals surface area contributed by atoms with Crippen molar-refractivity contribution in [2.75, 3.05) is 21.3 Å². The molecule has 128 valence electrons. The van der Waals surface area contributed by atoms with Gasteiger partial charge >= 0.3 is 0 Å². The van der Waals surface area contributed by atoms with Crippen LogP contribution in [0.2, 0.25) is 0 Å². The van der Waals surface area contributed by atoms with E-state index in [2.05, 4.69) is 0 Å². The number of Topliss-reactive ketones (excluding diaryl/α,β-unsaturated/α-hetero) is 1. The van der Waals surface area contributed by atoms with Gasteiger partial charge in [0.05, 0.1) is 21.3 Å². The smallest absolute Gasteiger partial charge is 0.167 e. The van der Waals surface area contributed by atoms with E-state index >= 15 is 0 Å². The summed E-state index contributed by atoms with van der Waals surface area (Å²) in [6, 6.07) is 17.0. The van der Waals surface area contributed by atoms with E-state index in [1.807, 2.05) is 54.6 Å². The lowest BCUT2D eigenvalue weighted by molar-refractivity contribution is 0.0994. The van der Waals surface area contributed by atoms with E-state index < -0.39 is 0 Å². The second kappa shape index (κ2) is 7.26. The minimum atomic E-state index is 0.0473. The van der Waals surface area contributed by atoms with Crippen LogP contribution in [-0.4, -0.2) is 27.1 Å². The Kier molecular flexibility index (Phi) is 4.89. The van der Waals surface area contributed by atoms with Gasteiger partial charge < -0.3 is 14.2 Å². The van der Waals surface area contributed by atoms with Crippen LogP contribution in [0.3, 0.4) is 0 Å². The third-order valence-corrected chi connectivity index (χ3v) is 4.22. The molecule has 0 saturated carbocycles. The van der Waals surface area contributed by atoms with Crippen molar-refractivity contribution < 1.29 is 19.0 Å². The molecular formula is C21H20O4. The van der Waals surface area contributed by atoms with Crippen LogP contribution < -0.4 is 14.2 Å². The first kappa shape index (κ1) is 16.8. The maximum absolute atomic E-state index is 12.9. The summed E-state index contributed by atoms with van der Waals surface area (Å²) in [7, 11) is 4.81. The summed E-state index contributed by atoms with van der Waals surface area (Å²) in [6.45, 7) is 0. The Morgan fingerprint density at radius 3 is 2.08 bits per heavy atom. The molecule has 0 radical (unpaired) electrons. The molecule has 0 fully saturated rings. The van der Waals surface area contributed by atoms with Crippen LogP contribution in [-0.2, 0) is 6.42 Å². The zero-order chi connectivity index (χ0) is 17.8. The number of carbonyl (C=O) groups is 1. The number of hydrogen-bond donors (Lipinski definition) is 0. The summed E-state index contributed by atoms with van der Waals surface area (Å²) in [5.41, 5.74) is 1.56. The van der Waals surface area contributed by atoms with Crippen molar-refractivity contribution in [3.05, 3.63) is 65.7 Å². The Labute approximate surface area is 146 Å². The normalized spacial score (nSPS) is 10.5. The van der Waals surface area contributed by atoms with E-state index in [-0.39, 0.29) is 12.2 Å². The second-order valence-corrected chi connectivity index (χ2v) is 5.65. The van der Waals surface area contributed by atoms with Gasteiger partial charge in [0, 0.05) is 17.4 Å². The van der Waals surface area contributed by atoms with Gasteiger partial charge in [-0.3, -0.25) is 4.79 Å². The lowest BCUT2D eigenvalue weighted by Gasteiger charge is -2.11. The average Bonchev–Trinajstić information content (AvgIpc) is 2.66. The Balaban J connectivity index is 1.96. The standard InChI is InChI=1S/C21H20O4/c1-23-19-11-9-16(15-6-4-5-7-17(15)19)18(22)12-14-8-10-20(24-2)21(13-14)25-3/h4-11,13H,12H2,1-3H3. The summed E-state index contributed by atoms with van der Waals surface area (Å²) in [5.74, 6) is 2.07. The Morgan fingerprint density at radius 2 is 1.40 bits per heavy atom. The lowest BCUT2D eigenvalue weighted by Crippen LogP contribution is -2.05. The summed E-state index contributed by atoms with van der Waals surface area (Å²) >= 11 is 0. The molecule has 0 aromatic heterocycles. The fourth-order valence-electron chi connectivity index (χ4n) is 2.96. The molecule has 25 heavy (non-hydrogen) atoms. The number of fused-ring (bicyclic) bond motifs is 1. The number of hydrogen-bond acceptors (Lipinski definition) is 4. The van der Waals surface area contributed by atoms with Gasteiger partial charge in [0.15, 0.2) is 17.3 Å². The highest BCUT2D eigenvalue weighted by molar-refractivity contribution is 6.10. The Hall–Kier alpha value is -3.01. The first-order chi connectivity index (χ1) is 12.2. The molecule has 4 heteroatoms. The van der Waals surface area contributed by atoms with Gasteiger partial charge in [0.1, 0.15) is 5.75 Å². The molecule has 0 aliphatic carbocycles. The lowest BCUT2D eigenvalue weighted by atomic mass is 9.96. The fraction of sp³-hybridized carbons (Fsp3) is 0.190. The van der Waals surface area contributed by atoms with Crippen molar-refractivity contribution in [1.82, 2.24) is 0 Å². The topological polar surface area (TPSA) is 44.8 Å². The molecule has 3 aromatic carbocycles. The largest absolute Gasteiger partial charge is 0.496 e. The van der Waals surface area contributed by atoms with Crippen LogP contribution in [0.25, 0.3) is 10.8 Å². The number of methoxy groups -OCH3 is 3. The molecule has 0 amide bonds. The van der Waals surface area contributed by atoms with Crippen LogP contribution in [0.1, 0.15) is 15.9 Å². The highest BCUT2D eigenvalue weighted by atomic mass is 16.5. The van der Waals surface area contributed by atoms with Gasteiger partial charge in [0.25, 0.3) is 0 Å². The molecule has 3 rings (SSSR count). The molecule has 0 heterocycles. The van der Waals surface area contributed by atoms with E-state index in [0.717, 1.165) is 22.1 Å². The molecule has 0 N–H and O–H groups in total.